The molecule has 16 heavy (non-hydrogen) atoms. The van der Waals surface area contributed by atoms with Crippen molar-refractivity contribution in [2.75, 3.05) is 25.6 Å². The van der Waals surface area contributed by atoms with Crippen LogP contribution in [-0.4, -0.2) is 25.4 Å². The summed E-state index contributed by atoms with van der Waals surface area (Å²) in [5.41, 5.74) is 4.65. The molecule has 0 aliphatic rings. The second-order valence-corrected chi connectivity index (χ2v) is 4.03. The van der Waals surface area contributed by atoms with Crippen LogP contribution in [0.15, 0.2) is 6.07 Å². The largest absolute Gasteiger partial charge is 0.496 e. The Morgan fingerprint density at radius 3 is 2.50 bits per heavy atom. The zero-order valence-corrected chi connectivity index (χ0v) is 10.6. The number of ether oxygens (including phenoxy) is 1. The number of benzene rings is 1. The minimum atomic E-state index is 0.222. The van der Waals surface area contributed by atoms with Crippen LogP contribution >= 0.6 is 0 Å². The normalized spacial score (nSPS) is 10.3. The van der Waals surface area contributed by atoms with Crippen molar-refractivity contribution in [1.29, 1.82) is 0 Å². The fourth-order valence-electron chi connectivity index (χ4n) is 1.86. The zero-order valence-electron chi connectivity index (χ0n) is 10.6. The molecular formula is C13H21NO2. The maximum Gasteiger partial charge on any atom is 0.125 e. The SMILES string of the molecule is COc1c(C)cc(NCCCO)c(C)c1C. The van der Waals surface area contributed by atoms with Crippen LogP contribution in [0, 0.1) is 20.8 Å². The first-order chi connectivity index (χ1) is 7.61. The summed E-state index contributed by atoms with van der Waals surface area (Å²) in [6, 6.07) is 2.10. The number of methoxy groups -OCH3 is 1. The lowest BCUT2D eigenvalue weighted by Gasteiger charge is -2.16. The molecule has 0 fully saturated rings. The smallest absolute Gasteiger partial charge is 0.125 e. The first kappa shape index (κ1) is 12.8. The topological polar surface area (TPSA) is 41.5 Å². The summed E-state index contributed by atoms with van der Waals surface area (Å²) >= 11 is 0. The molecule has 0 aliphatic heterocycles. The maximum absolute atomic E-state index is 8.74. The third kappa shape index (κ3) is 2.67. The van der Waals surface area contributed by atoms with Crippen molar-refractivity contribution in [3.8, 4) is 5.75 Å². The Morgan fingerprint density at radius 2 is 1.94 bits per heavy atom. The number of aliphatic hydroxyl groups is 1. The molecule has 0 amide bonds. The van der Waals surface area contributed by atoms with Crippen LogP contribution < -0.4 is 10.1 Å². The van der Waals surface area contributed by atoms with Crippen LogP contribution in [-0.2, 0) is 0 Å². The second kappa shape index (κ2) is 5.75. The van der Waals surface area contributed by atoms with Gasteiger partial charge in [-0.1, -0.05) is 0 Å². The summed E-state index contributed by atoms with van der Waals surface area (Å²) in [6.45, 7) is 7.21. The van der Waals surface area contributed by atoms with E-state index >= 15 is 0 Å². The number of aryl methyl sites for hydroxylation is 1. The van der Waals surface area contributed by atoms with Crippen molar-refractivity contribution < 1.29 is 9.84 Å². The molecule has 0 aliphatic carbocycles. The Labute approximate surface area is 97.4 Å². The average Bonchev–Trinajstić information content (AvgIpc) is 2.26. The number of anilines is 1. The van der Waals surface area contributed by atoms with Gasteiger partial charge in [0.2, 0.25) is 0 Å². The molecule has 0 saturated carbocycles. The summed E-state index contributed by atoms with van der Waals surface area (Å²) in [6.07, 6.45) is 0.767. The van der Waals surface area contributed by atoms with Crippen LogP contribution in [0.5, 0.6) is 5.75 Å². The Balaban J connectivity index is 2.94. The monoisotopic (exact) mass is 223 g/mol. The highest BCUT2D eigenvalue weighted by Gasteiger charge is 2.09. The molecule has 90 valence electrons. The van der Waals surface area contributed by atoms with E-state index in [-0.39, 0.29) is 6.61 Å². The lowest BCUT2D eigenvalue weighted by atomic mass is 10.0. The molecular weight excluding hydrogens is 202 g/mol. The van der Waals surface area contributed by atoms with Gasteiger partial charge in [-0.3, -0.25) is 0 Å². The Hall–Kier alpha value is -1.22. The van der Waals surface area contributed by atoms with Gasteiger partial charge in [-0.15, -0.1) is 0 Å². The molecule has 0 unspecified atom stereocenters. The van der Waals surface area contributed by atoms with Gasteiger partial charge in [-0.25, -0.2) is 0 Å². The number of aliphatic hydroxyl groups excluding tert-OH is 1. The molecule has 3 nitrogen and oxygen atoms in total. The quantitative estimate of drug-likeness (QED) is 0.753. The van der Waals surface area contributed by atoms with E-state index in [4.69, 9.17) is 9.84 Å². The van der Waals surface area contributed by atoms with Crippen molar-refractivity contribution in [1.82, 2.24) is 0 Å². The predicted molar refractivity (Wildman–Crippen MR) is 67.4 cm³/mol. The minimum absolute atomic E-state index is 0.222. The average molecular weight is 223 g/mol. The highest BCUT2D eigenvalue weighted by atomic mass is 16.5. The molecule has 3 heteroatoms. The Bertz CT molecular complexity index is 361. The molecule has 0 atom stereocenters. The van der Waals surface area contributed by atoms with Crippen molar-refractivity contribution in [3.05, 3.63) is 22.8 Å². The van der Waals surface area contributed by atoms with Gasteiger partial charge >= 0.3 is 0 Å². The van der Waals surface area contributed by atoms with Gasteiger partial charge in [0.1, 0.15) is 5.75 Å². The van der Waals surface area contributed by atoms with E-state index in [1.807, 2.05) is 6.92 Å². The van der Waals surface area contributed by atoms with Crippen molar-refractivity contribution >= 4 is 5.69 Å². The number of nitrogens with one attached hydrogen (secondary N) is 1. The minimum Gasteiger partial charge on any atom is -0.496 e. The summed E-state index contributed by atoms with van der Waals surface area (Å²) in [5, 5.41) is 12.1. The van der Waals surface area contributed by atoms with Crippen molar-refractivity contribution in [2.45, 2.75) is 27.2 Å². The molecule has 0 heterocycles. The summed E-state index contributed by atoms with van der Waals surface area (Å²) < 4.78 is 5.37. The third-order valence-electron chi connectivity index (χ3n) is 2.88. The fourth-order valence-corrected chi connectivity index (χ4v) is 1.86. The lowest BCUT2D eigenvalue weighted by Crippen LogP contribution is -2.06. The van der Waals surface area contributed by atoms with Crippen molar-refractivity contribution in [2.24, 2.45) is 0 Å². The van der Waals surface area contributed by atoms with Crippen LogP contribution in [0.1, 0.15) is 23.1 Å². The van der Waals surface area contributed by atoms with E-state index < -0.39 is 0 Å². The standard InChI is InChI=1S/C13H21NO2/c1-9-8-12(14-6-5-7-15)10(2)11(3)13(9)16-4/h8,14-15H,5-7H2,1-4H3. The van der Waals surface area contributed by atoms with Gasteiger partial charge in [0.15, 0.2) is 0 Å². The Morgan fingerprint density at radius 1 is 1.25 bits per heavy atom. The van der Waals surface area contributed by atoms with Gasteiger partial charge in [0.05, 0.1) is 7.11 Å². The molecule has 1 aromatic carbocycles. The fraction of sp³-hybridized carbons (Fsp3) is 0.538. The van der Waals surface area contributed by atoms with E-state index in [0.29, 0.717) is 0 Å². The molecule has 1 rings (SSSR count). The molecule has 1 aromatic rings. The van der Waals surface area contributed by atoms with Crippen LogP contribution in [0.4, 0.5) is 5.69 Å². The molecule has 2 N–H and O–H groups in total. The summed E-state index contributed by atoms with van der Waals surface area (Å²) in [4.78, 5) is 0. The van der Waals surface area contributed by atoms with Crippen molar-refractivity contribution in [3.63, 3.8) is 0 Å². The molecule has 0 radical (unpaired) electrons. The van der Waals surface area contributed by atoms with Crippen LogP contribution in [0.25, 0.3) is 0 Å². The highest BCUT2D eigenvalue weighted by Crippen LogP contribution is 2.31. The third-order valence-corrected chi connectivity index (χ3v) is 2.88. The van der Waals surface area contributed by atoms with E-state index in [1.54, 1.807) is 7.11 Å². The molecule has 0 spiro atoms. The van der Waals surface area contributed by atoms with Crippen LogP contribution in [0.3, 0.4) is 0 Å². The predicted octanol–water partition coefficient (Wildman–Crippen LogP) is 2.41. The molecule has 0 aromatic heterocycles. The first-order valence-electron chi connectivity index (χ1n) is 5.61. The zero-order chi connectivity index (χ0) is 12.1. The second-order valence-electron chi connectivity index (χ2n) is 4.03. The van der Waals surface area contributed by atoms with Crippen LogP contribution in [0.2, 0.25) is 0 Å². The van der Waals surface area contributed by atoms with E-state index in [9.17, 15) is 0 Å². The van der Waals surface area contributed by atoms with Gasteiger partial charge in [-0.05, 0) is 49.9 Å². The highest BCUT2D eigenvalue weighted by molar-refractivity contribution is 5.61. The Kier molecular flexibility index (Phi) is 4.62. The van der Waals surface area contributed by atoms with E-state index in [0.717, 1.165) is 30.0 Å². The lowest BCUT2D eigenvalue weighted by molar-refractivity contribution is 0.292. The van der Waals surface area contributed by atoms with E-state index in [2.05, 4.69) is 25.2 Å². The van der Waals surface area contributed by atoms with Gasteiger partial charge in [0, 0.05) is 18.8 Å². The maximum atomic E-state index is 8.74. The van der Waals surface area contributed by atoms with Gasteiger partial charge < -0.3 is 15.2 Å². The number of hydrogen-bond donors (Lipinski definition) is 2. The van der Waals surface area contributed by atoms with E-state index in [1.165, 1.54) is 11.1 Å². The molecule has 0 saturated heterocycles. The number of hydrogen-bond acceptors (Lipinski definition) is 3. The number of rotatable bonds is 5. The molecule has 0 bridgehead atoms. The van der Waals surface area contributed by atoms with Gasteiger partial charge in [-0.2, -0.15) is 0 Å². The summed E-state index contributed by atoms with van der Waals surface area (Å²) in [7, 11) is 1.70. The van der Waals surface area contributed by atoms with Gasteiger partial charge in [0.25, 0.3) is 0 Å². The summed E-state index contributed by atoms with van der Waals surface area (Å²) in [5.74, 6) is 0.963. The first-order valence-corrected chi connectivity index (χ1v) is 5.61.